The number of aromatic nitrogens is 4. The summed E-state index contributed by atoms with van der Waals surface area (Å²) in [6.07, 6.45) is 4.15. The molecular formula is C16H21N5O. The summed E-state index contributed by atoms with van der Waals surface area (Å²) in [4.78, 5) is 11.9. The van der Waals surface area contributed by atoms with Crippen LogP contribution < -0.4 is 5.32 Å². The highest BCUT2D eigenvalue weighted by Gasteiger charge is 2.07. The molecule has 2 aromatic rings. The van der Waals surface area contributed by atoms with Gasteiger partial charge in [-0.15, -0.1) is 0 Å². The number of nitrogens with zero attached hydrogens (tertiary/aromatic N) is 4. The van der Waals surface area contributed by atoms with Gasteiger partial charge < -0.3 is 0 Å². The van der Waals surface area contributed by atoms with Crippen molar-refractivity contribution in [2.24, 2.45) is 0 Å². The van der Waals surface area contributed by atoms with Crippen LogP contribution in [-0.4, -0.2) is 26.1 Å². The van der Waals surface area contributed by atoms with Crippen molar-refractivity contribution in [3.8, 4) is 0 Å². The van der Waals surface area contributed by atoms with Gasteiger partial charge in [-0.2, -0.15) is 0 Å². The lowest BCUT2D eigenvalue weighted by Crippen LogP contribution is -2.14. The van der Waals surface area contributed by atoms with Crippen LogP contribution in [-0.2, 0) is 11.3 Å². The summed E-state index contributed by atoms with van der Waals surface area (Å²) >= 11 is 0. The molecule has 0 unspecified atom stereocenters. The van der Waals surface area contributed by atoms with Gasteiger partial charge in [0.2, 0.25) is 5.95 Å². The minimum Gasteiger partial charge on any atom is -0.290 e. The fourth-order valence-electron chi connectivity index (χ4n) is 1.97. The molecule has 0 radical (unpaired) electrons. The molecular weight excluding hydrogens is 278 g/mol. The molecule has 1 N–H and O–H groups in total. The molecule has 116 valence electrons. The molecule has 2 rings (SSSR count). The van der Waals surface area contributed by atoms with E-state index in [4.69, 9.17) is 0 Å². The predicted octanol–water partition coefficient (Wildman–Crippen LogP) is 2.86. The third kappa shape index (κ3) is 4.25. The van der Waals surface area contributed by atoms with Crippen molar-refractivity contribution < 1.29 is 4.79 Å². The minimum atomic E-state index is -0.250. The van der Waals surface area contributed by atoms with Gasteiger partial charge in [0.25, 0.3) is 5.91 Å². The van der Waals surface area contributed by atoms with Crippen LogP contribution in [0.4, 0.5) is 5.95 Å². The van der Waals surface area contributed by atoms with Crippen LogP contribution in [0.5, 0.6) is 0 Å². The van der Waals surface area contributed by atoms with Crippen molar-refractivity contribution in [1.82, 2.24) is 20.2 Å². The Balaban J connectivity index is 1.97. The average Bonchev–Trinajstić information content (AvgIpc) is 2.93. The van der Waals surface area contributed by atoms with Crippen molar-refractivity contribution in [3.63, 3.8) is 0 Å². The summed E-state index contributed by atoms with van der Waals surface area (Å²) in [5, 5.41) is 13.9. The fraction of sp³-hybridized carbons (Fsp3) is 0.375. The number of benzene rings is 1. The Bertz CT molecular complexity index is 643. The van der Waals surface area contributed by atoms with Gasteiger partial charge >= 0.3 is 0 Å². The maximum Gasteiger partial charge on any atom is 0.250 e. The zero-order chi connectivity index (χ0) is 15.9. The number of hydrogen-bond acceptors (Lipinski definition) is 4. The molecule has 1 heterocycles. The second kappa shape index (κ2) is 7.49. The molecule has 0 bridgehead atoms. The molecule has 0 spiro atoms. The number of tetrazole rings is 1. The van der Waals surface area contributed by atoms with Gasteiger partial charge in [-0.05, 0) is 40.0 Å². The van der Waals surface area contributed by atoms with E-state index in [1.165, 1.54) is 11.6 Å². The van der Waals surface area contributed by atoms with Gasteiger partial charge in [-0.25, -0.2) is 4.68 Å². The number of rotatable bonds is 6. The molecule has 0 saturated heterocycles. The van der Waals surface area contributed by atoms with E-state index in [1.54, 1.807) is 10.8 Å². The summed E-state index contributed by atoms with van der Waals surface area (Å²) in [5.74, 6) is 0.616. The zero-order valence-corrected chi connectivity index (χ0v) is 13.2. The second-order valence-electron chi connectivity index (χ2n) is 5.37. The van der Waals surface area contributed by atoms with Gasteiger partial charge in [0.05, 0.1) is 0 Å². The molecule has 0 aliphatic rings. The number of carbonyl (C=O) groups is 1. The molecule has 0 saturated carbocycles. The third-order valence-electron chi connectivity index (χ3n) is 3.23. The van der Waals surface area contributed by atoms with Crippen LogP contribution >= 0.6 is 0 Å². The van der Waals surface area contributed by atoms with Crippen LogP contribution in [0, 0.1) is 0 Å². The Labute approximate surface area is 130 Å². The number of aryl methyl sites for hydroxylation is 1. The van der Waals surface area contributed by atoms with E-state index in [-0.39, 0.29) is 5.91 Å². The molecule has 0 fully saturated rings. The molecule has 0 atom stereocenters. The summed E-state index contributed by atoms with van der Waals surface area (Å²) in [6.45, 7) is 6.99. The van der Waals surface area contributed by atoms with Crippen molar-refractivity contribution in [1.29, 1.82) is 0 Å². The lowest BCUT2D eigenvalue weighted by atomic mass is 10.0. The van der Waals surface area contributed by atoms with Crippen LogP contribution in [0.25, 0.3) is 6.08 Å². The Morgan fingerprint density at radius 3 is 2.68 bits per heavy atom. The summed E-state index contributed by atoms with van der Waals surface area (Å²) in [6, 6.07) is 8.15. The largest absolute Gasteiger partial charge is 0.290 e. The molecule has 0 aliphatic heterocycles. The van der Waals surface area contributed by atoms with E-state index >= 15 is 0 Å². The third-order valence-corrected chi connectivity index (χ3v) is 3.23. The van der Waals surface area contributed by atoms with E-state index in [9.17, 15) is 4.79 Å². The molecule has 22 heavy (non-hydrogen) atoms. The van der Waals surface area contributed by atoms with E-state index in [2.05, 4.69) is 46.8 Å². The van der Waals surface area contributed by atoms with Crippen molar-refractivity contribution in [3.05, 3.63) is 41.5 Å². The number of anilines is 1. The van der Waals surface area contributed by atoms with E-state index in [0.717, 1.165) is 12.0 Å². The van der Waals surface area contributed by atoms with E-state index in [0.29, 0.717) is 18.4 Å². The summed E-state index contributed by atoms with van der Waals surface area (Å²) in [7, 11) is 0. The van der Waals surface area contributed by atoms with Gasteiger partial charge in [-0.3, -0.25) is 10.1 Å². The molecule has 6 heteroatoms. The average molecular weight is 299 g/mol. The monoisotopic (exact) mass is 299 g/mol. The fourth-order valence-corrected chi connectivity index (χ4v) is 1.97. The standard InChI is InChI=1S/C16H21N5O/c1-4-11-21-16(18-19-20-21)17-15(22)10-7-13-5-8-14(9-6-13)12(2)3/h5-10,12H,4,11H2,1-3H3,(H,17,18,20,22)/b10-7+. The Morgan fingerprint density at radius 1 is 1.32 bits per heavy atom. The summed E-state index contributed by atoms with van der Waals surface area (Å²) < 4.78 is 1.57. The lowest BCUT2D eigenvalue weighted by Gasteiger charge is -2.04. The number of carbonyl (C=O) groups excluding carboxylic acids is 1. The number of amides is 1. The smallest absolute Gasteiger partial charge is 0.250 e. The first-order valence-electron chi connectivity index (χ1n) is 7.45. The first-order chi connectivity index (χ1) is 10.6. The Morgan fingerprint density at radius 2 is 2.05 bits per heavy atom. The molecule has 1 aromatic carbocycles. The lowest BCUT2D eigenvalue weighted by molar-refractivity contribution is -0.111. The normalized spacial score (nSPS) is 11.3. The topological polar surface area (TPSA) is 72.7 Å². The molecule has 0 aliphatic carbocycles. The van der Waals surface area contributed by atoms with E-state index < -0.39 is 0 Å². The SMILES string of the molecule is CCCn1nnnc1NC(=O)/C=C/c1ccc(C(C)C)cc1. The van der Waals surface area contributed by atoms with Gasteiger partial charge in [0.15, 0.2) is 0 Å². The highest BCUT2D eigenvalue weighted by Crippen LogP contribution is 2.15. The maximum absolute atomic E-state index is 11.9. The first kappa shape index (κ1) is 15.9. The predicted molar refractivity (Wildman–Crippen MR) is 86.3 cm³/mol. The van der Waals surface area contributed by atoms with Gasteiger partial charge in [0, 0.05) is 12.6 Å². The summed E-state index contributed by atoms with van der Waals surface area (Å²) in [5.41, 5.74) is 2.26. The minimum absolute atomic E-state index is 0.250. The van der Waals surface area contributed by atoms with Crippen molar-refractivity contribution in [2.45, 2.75) is 39.7 Å². The highest BCUT2D eigenvalue weighted by atomic mass is 16.1. The second-order valence-corrected chi connectivity index (χ2v) is 5.37. The quantitative estimate of drug-likeness (QED) is 0.832. The zero-order valence-electron chi connectivity index (χ0n) is 13.2. The van der Waals surface area contributed by atoms with Crippen LogP contribution in [0.2, 0.25) is 0 Å². The molecule has 1 aromatic heterocycles. The van der Waals surface area contributed by atoms with Gasteiger partial charge in [-0.1, -0.05) is 50.1 Å². The maximum atomic E-state index is 11.9. The first-order valence-corrected chi connectivity index (χ1v) is 7.45. The van der Waals surface area contributed by atoms with Crippen molar-refractivity contribution >= 4 is 17.9 Å². The Kier molecular flexibility index (Phi) is 5.41. The van der Waals surface area contributed by atoms with Crippen LogP contribution in [0.1, 0.15) is 44.2 Å². The number of hydrogen-bond donors (Lipinski definition) is 1. The molecule has 6 nitrogen and oxygen atoms in total. The molecule has 1 amide bonds. The Hall–Kier alpha value is -2.50. The van der Waals surface area contributed by atoms with Gasteiger partial charge in [0.1, 0.15) is 0 Å². The number of nitrogens with one attached hydrogen (secondary N) is 1. The van der Waals surface area contributed by atoms with Crippen molar-refractivity contribution in [2.75, 3.05) is 5.32 Å². The highest BCUT2D eigenvalue weighted by molar-refractivity contribution is 6.00. The van der Waals surface area contributed by atoms with E-state index in [1.807, 2.05) is 19.1 Å². The van der Waals surface area contributed by atoms with Crippen LogP contribution in [0.3, 0.4) is 0 Å². The van der Waals surface area contributed by atoms with Crippen LogP contribution in [0.15, 0.2) is 30.3 Å².